The number of hydrogen-bond donors (Lipinski definition) is 1. The van der Waals surface area contributed by atoms with Crippen LogP contribution < -0.4 is 5.32 Å². The van der Waals surface area contributed by atoms with Crippen LogP contribution in [0.4, 0.5) is 13.6 Å². The quantitative estimate of drug-likeness (QED) is 0.330. The lowest BCUT2D eigenvalue weighted by atomic mass is 9.99. The molecule has 1 aromatic heterocycles. The predicted octanol–water partition coefficient (Wildman–Crippen LogP) is 7.23. The van der Waals surface area contributed by atoms with Crippen LogP contribution in [0.15, 0.2) is 40.9 Å². The van der Waals surface area contributed by atoms with E-state index in [0.717, 1.165) is 62.0 Å². The van der Waals surface area contributed by atoms with Crippen molar-refractivity contribution in [2.75, 3.05) is 0 Å². The van der Waals surface area contributed by atoms with Crippen molar-refractivity contribution in [2.45, 2.75) is 75.8 Å². The van der Waals surface area contributed by atoms with Gasteiger partial charge < -0.3 is 19.5 Å². The summed E-state index contributed by atoms with van der Waals surface area (Å²) in [5.41, 5.74) is 2.68. The molecule has 2 amide bonds. The second-order valence-electron chi connectivity index (χ2n) is 10.3. The molecule has 1 aliphatic carbocycles. The second-order valence-corrected chi connectivity index (χ2v) is 11.2. The van der Waals surface area contributed by atoms with Gasteiger partial charge in [-0.25, -0.2) is 13.6 Å². The lowest BCUT2D eigenvalue weighted by Crippen LogP contribution is -2.52. The lowest BCUT2D eigenvalue weighted by Gasteiger charge is -2.38. The van der Waals surface area contributed by atoms with Gasteiger partial charge in [0.1, 0.15) is 11.5 Å². The van der Waals surface area contributed by atoms with Gasteiger partial charge in [-0.1, -0.05) is 40.5 Å². The third kappa shape index (κ3) is 5.01. The molecule has 10 heteroatoms. The van der Waals surface area contributed by atoms with Gasteiger partial charge in [0.25, 0.3) is 0 Å². The van der Waals surface area contributed by atoms with Crippen molar-refractivity contribution in [3.05, 3.63) is 75.0 Å². The highest BCUT2D eigenvalue weighted by atomic mass is 35.5. The van der Waals surface area contributed by atoms with Crippen molar-refractivity contribution in [2.24, 2.45) is 0 Å². The van der Waals surface area contributed by atoms with E-state index in [9.17, 15) is 13.6 Å². The average molecular weight is 562 g/mol. The van der Waals surface area contributed by atoms with E-state index < -0.39 is 11.6 Å². The largest absolute Gasteiger partial charge is 0.373 e. The zero-order valence-electron chi connectivity index (χ0n) is 20.6. The Bertz CT molecular complexity index is 1330. The fraction of sp³-hybridized carbons (Fsp3) is 0.429. The number of halogens is 4. The summed E-state index contributed by atoms with van der Waals surface area (Å²) in [6.07, 6.45) is 5.36. The summed E-state index contributed by atoms with van der Waals surface area (Å²) in [4.78, 5) is 14.9. The Hall–Kier alpha value is -2.68. The van der Waals surface area contributed by atoms with Crippen molar-refractivity contribution in [1.29, 1.82) is 0 Å². The fourth-order valence-electron chi connectivity index (χ4n) is 5.76. The number of fused-ring (bicyclic) bond motifs is 2. The average Bonchev–Trinajstić information content (AvgIpc) is 3.60. The SMILES string of the molecule is O=C(NCc1ccc(F)c(F)c1)N1C2CCC1CC(OCc1c(-c3c(Cl)cccc3Cl)noc1C1CC1)C2. The molecule has 0 spiro atoms. The normalized spacial score (nSPS) is 22.6. The second kappa shape index (κ2) is 10.5. The van der Waals surface area contributed by atoms with Crippen LogP contribution in [0.3, 0.4) is 0 Å². The van der Waals surface area contributed by atoms with Gasteiger partial charge in [0.05, 0.1) is 22.8 Å². The summed E-state index contributed by atoms with van der Waals surface area (Å²) in [7, 11) is 0. The number of urea groups is 1. The molecule has 1 saturated carbocycles. The summed E-state index contributed by atoms with van der Waals surface area (Å²) in [5.74, 6) is -0.648. The zero-order valence-corrected chi connectivity index (χ0v) is 22.1. The summed E-state index contributed by atoms with van der Waals surface area (Å²) in [5, 5.41) is 8.22. The van der Waals surface area contributed by atoms with Crippen LogP contribution in [-0.4, -0.2) is 34.3 Å². The molecule has 3 aliphatic rings. The van der Waals surface area contributed by atoms with Crippen molar-refractivity contribution in [1.82, 2.24) is 15.4 Å². The first-order valence-electron chi connectivity index (χ1n) is 12.9. The first-order chi connectivity index (χ1) is 18.4. The van der Waals surface area contributed by atoms with Gasteiger partial charge in [0.15, 0.2) is 11.6 Å². The Morgan fingerprint density at radius 3 is 2.42 bits per heavy atom. The number of nitrogens with zero attached hydrogens (tertiary/aromatic N) is 2. The van der Waals surface area contributed by atoms with Gasteiger partial charge in [-0.3, -0.25) is 0 Å². The monoisotopic (exact) mass is 561 g/mol. The van der Waals surface area contributed by atoms with Crippen molar-refractivity contribution < 1.29 is 22.8 Å². The smallest absolute Gasteiger partial charge is 0.318 e. The van der Waals surface area contributed by atoms with Gasteiger partial charge >= 0.3 is 6.03 Å². The highest BCUT2D eigenvalue weighted by Crippen LogP contribution is 2.46. The number of carbonyl (C=O) groups is 1. The lowest BCUT2D eigenvalue weighted by molar-refractivity contribution is -0.0172. The summed E-state index contributed by atoms with van der Waals surface area (Å²) >= 11 is 13.0. The molecule has 2 bridgehead atoms. The summed E-state index contributed by atoms with van der Waals surface area (Å²) < 4.78 is 38.9. The van der Waals surface area contributed by atoms with E-state index in [1.807, 2.05) is 4.90 Å². The molecule has 3 aromatic rings. The summed E-state index contributed by atoms with van der Waals surface area (Å²) in [6.45, 7) is 0.468. The Balaban J connectivity index is 1.11. The van der Waals surface area contributed by atoms with Crippen molar-refractivity contribution in [3.63, 3.8) is 0 Å². The van der Waals surface area contributed by atoms with E-state index in [4.69, 9.17) is 32.5 Å². The minimum absolute atomic E-state index is 0.0146. The number of nitrogens with one attached hydrogen (secondary N) is 1. The first kappa shape index (κ1) is 25.6. The van der Waals surface area contributed by atoms with E-state index in [0.29, 0.717) is 39.4 Å². The standard InChI is InChI=1S/C28H27Cl2F2N3O3/c29-21-2-1-3-22(30)25(21)26-20(27(38-34-26)16-5-6-16)14-37-19-11-17-7-8-18(12-19)35(17)28(36)33-13-15-4-9-23(31)24(32)10-15/h1-4,9-10,16-19H,5-8,11-14H2,(H,33,36). The molecule has 200 valence electrons. The number of aromatic nitrogens is 1. The molecule has 38 heavy (non-hydrogen) atoms. The van der Waals surface area contributed by atoms with Crippen molar-refractivity contribution in [3.8, 4) is 11.3 Å². The minimum Gasteiger partial charge on any atom is -0.373 e. The number of ether oxygens (including phenoxy) is 1. The van der Waals surface area contributed by atoms with Gasteiger partial charge in [0, 0.05) is 35.7 Å². The maximum absolute atomic E-state index is 13.5. The molecule has 2 unspecified atom stereocenters. The fourth-order valence-corrected chi connectivity index (χ4v) is 6.34. The number of benzene rings is 2. The van der Waals surface area contributed by atoms with Crippen LogP contribution in [0.2, 0.25) is 10.0 Å². The van der Waals surface area contributed by atoms with Gasteiger partial charge in [-0.05, 0) is 68.4 Å². The number of carbonyl (C=O) groups excluding carboxylic acids is 1. The molecular weight excluding hydrogens is 535 g/mol. The minimum atomic E-state index is -0.924. The van der Waals surface area contributed by atoms with Crippen LogP contribution in [0, 0.1) is 11.6 Å². The Labute approximate surface area is 229 Å². The number of amides is 2. The molecular formula is C28H27Cl2F2N3O3. The van der Waals surface area contributed by atoms with Crippen LogP contribution in [0.5, 0.6) is 0 Å². The topological polar surface area (TPSA) is 67.6 Å². The van der Waals surface area contributed by atoms with Crippen LogP contribution in [0.1, 0.15) is 61.3 Å². The molecule has 3 heterocycles. The Morgan fingerprint density at radius 2 is 1.76 bits per heavy atom. The predicted molar refractivity (Wildman–Crippen MR) is 139 cm³/mol. The molecule has 2 atom stereocenters. The highest BCUT2D eigenvalue weighted by molar-refractivity contribution is 6.39. The van der Waals surface area contributed by atoms with Gasteiger partial charge in [0.2, 0.25) is 0 Å². The van der Waals surface area contributed by atoms with Gasteiger partial charge in [-0.2, -0.15) is 0 Å². The molecule has 0 radical (unpaired) electrons. The Kier molecular flexibility index (Phi) is 7.05. The highest BCUT2D eigenvalue weighted by Gasteiger charge is 2.44. The number of rotatable bonds is 7. The molecule has 6 nitrogen and oxygen atoms in total. The molecule has 1 N–H and O–H groups in total. The van der Waals surface area contributed by atoms with E-state index in [1.165, 1.54) is 6.07 Å². The van der Waals surface area contributed by atoms with Crippen molar-refractivity contribution >= 4 is 29.2 Å². The van der Waals surface area contributed by atoms with E-state index in [1.54, 1.807) is 18.2 Å². The molecule has 2 saturated heterocycles. The first-order valence-corrected chi connectivity index (χ1v) is 13.7. The van der Waals surface area contributed by atoms with E-state index >= 15 is 0 Å². The third-order valence-electron chi connectivity index (χ3n) is 7.78. The molecule has 2 aliphatic heterocycles. The summed E-state index contributed by atoms with van der Waals surface area (Å²) in [6, 6.07) is 8.94. The van der Waals surface area contributed by atoms with Crippen LogP contribution in [-0.2, 0) is 17.9 Å². The maximum Gasteiger partial charge on any atom is 0.318 e. The molecule has 3 fully saturated rings. The number of piperidine rings is 1. The van der Waals surface area contributed by atoms with Crippen LogP contribution >= 0.6 is 23.2 Å². The van der Waals surface area contributed by atoms with E-state index in [-0.39, 0.29) is 30.8 Å². The maximum atomic E-state index is 13.5. The molecule has 2 aromatic carbocycles. The Morgan fingerprint density at radius 1 is 1.05 bits per heavy atom. The number of hydrogen-bond acceptors (Lipinski definition) is 4. The van der Waals surface area contributed by atoms with Crippen LogP contribution in [0.25, 0.3) is 11.3 Å². The van der Waals surface area contributed by atoms with Gasteiger partial charge in [-0.15, -0.1) is 0 Å². The zero-order chi connectivity index (χ0) is 26.4. The molecule has 6 rings (SSSR count). The van der Waals surface area contributed by atoms with E-state index in [2.05, 4.69) is 10.5 Å². The third-order valence-corrected chi connectivity index (χ3v) is 8.41.